The van der Waals surface area contributed by atoms with E-state index in [1.165, 1.54) is 6.08 Å². The molecule has 1 unspecified atom stereocenters. The van der Waals surface area contributed by atoms with Crippen LogP contribution in [0.2, 0.25) is 0 Å². The van der Waals surface area contributed by atoms with Crippen LogP contribution in [0, 0.1) is 11.8 Å². The summed E-state index contributed by atoms with van der Waals surface area (Å²) < 4.78 is 0. The molecule has 13 heavy (non-hydrogen) atoms. The molecule has 0 fully saturated rings. The molecule has 0 bridgehead atoms. The normalized spacial score (nSPS) is 12.3. The number of carbonyl (C=O) groups is 2. The average molecular weight is 186 g/mol. The lowest BCUT2D eigenvalue weighted by molar-refractivity contribution is -0.140. The van der Waals surface area contributed by atoms with Gasteiger partial charge in [0.2, 0.25) is 0 Å². The van der Waals surface area contributed by atoms with Crippen molar-refractivity contribution in [3.05, 3.63) is 11.6 Å². The first-order valence-electron chi connectivity index (χ1n) is 4.04. The monoisotopic (exact) mass is 186 g/mol. The molecule has 0 rings (SSSR count). The Bertz CT molecular complexity index is 224. The molecule has 0 radical (unpaired) electrons. The van der Waals surface area contributed by atoms with Crippen LogP contribution in [-0.2, 0) is 9.59 Å². The average Bonchev–Trinajstić information content (AvgIpc) is 1.97. The Kier molecular flexibility index (Phi) is 4.17. The number of carboxylic acids is 2. The van der Waals surface area contributed by atoms with Crippen LogP contribution in [0.1, 0.15) is 20.8 Å². The van der Waals surface area contributed by atoms with Crippen LogP contribution < -0.4 is 0 Å². The van der Waals surface area contributed by atoms with Crippen molar-refractivity contribution in [2.24, 2.45) is 11.8 Å². The molecule has 4 nitrogen and oxygen atoms in total. The second-order valence-electron chi connectivity index (χ2n) is 3.29. The van der Waals surface area contributed by atoms with Gasteiger partial charge in [-0.1, -0.05) is 26.8 Å². The van der Waals surface area contributed by atoms with Crippen LogP contribution in [-0.4, -0.2) is 22.2 Å². The molecule has 0 saturated carbocycles. The summed E-state index contributed by atoms with van der Waals surface area (Å²) in [5, 5.41) is 17.1. The lowest BCUT2D eigenvalue weighted by Crippen LogP contribution is -2.14. The maximum absolute atomic E-state index is 10.4. The summed E-state index contributed by atoms with van der Waals surface area (Å²) in [7, 11) is 0. The van der Waals surface area contributed by atoms with Gasteiger partial charge in [0.1, 0.15) is 5.57 Å². The van der Waals surface area contributed by atoms with Gasteiger partial charge in [0.25, 0.3) is 0 Å². The molecule has 0 aliphatic rings. The van der Waals surface area contributed by atoms with E-state index in [0.29, 0.717) is 0 Å². The van der Waals surface area contributed by atoms with Crippen LogP contribution >= 0.6 is 0 Å². The van der Waals surface area contributed by atoms with Gasteiger partial charge in [-0.2, -0.15) is 0 Å². The second-order valence-corrected chi connectivity index (χ2v) is 3.29. The summed E-state index contributed by atoms with van der Waals surface area (Å²) >= 11 is 0. The minimum atomic E-state index is -1.39. The Labute approximate surface area is 76.9 Å². The van der Waals surface area contributed by atoms with Gasteiger partial charge in [-0.3, -0.25) is 0 Å². The zero-order valence-corrected chi connectivity index (χ0v) is 7.94. The van der Waals surface area contributed by atoms with Gasteiger partial charge in [-0.05, 0) is 11.8 Å². The van der Waals surface area contributed by atoms with E-state index in [1.807, 2.05) is 13.8 Å². The first-order chi connectivity index (χ1) is 5.86. The standard InChI is InChI=1S/C9H14O4/c1-5(2)6(3)4-7(8(10)11)9(12)13/h4-6H,1-3H3,(H,10,11)(H,12,13). The Balaban J connectivity index is 4.74. The highest BCUT2D eigenvalue weighted by Gasteiger charge is 2.17. The molecule has 2 N–H and O–H groups in total. The topological polar surface area (TPSA) is 74.6 Å². The summed E-state index contributed by atoms with van der Waals surface area (Å²) in [5.74, 6) is -2.60. The minimum Gasteiger partial charge on any atom is -0.477 e. The van der Waals surface area contributed by atoms with Gasteiger partial charge < -0.3 is 10.2 Å². The van der Waals surface area contributed by atoms with Gasteiger partial charge in [0.05, 0.1) is 0 Å². The predicted molar refractivity (Wildman–Crippen MR) is 47.4 cm³/mol. The van der Waals surface area contributed by atoms with Crippen molar-refractivity contribution in [3.8, 4) is 0 Å². The third-order valence-corrected chi connectivity index (χ3v) is 1.94. The van der Waals surface area contributed by atoms with E-state index in [-0.39, 0.29) is 11.8 Å². The molecule has 1 atom stereocenters. The maximum Gasteiger partial charge on any atom is 0.342 e. The van der Waals surface area contributed by atoms with E-state index < -0.39 is 17.5 Å². The third kappa shape index (κ3) is 3.73. The van der Waals surface area contributed by atoms with Crippen molar-refractivity contribution in [2.75, 3.05) is 0 Å². The minimum absolute atomic E-state index is 0.0535. The van der Waals surface area contributed by atoms with Crippen LogP contribution in [0.25, 0.3) is 0 Å². The van der Waals surface area contributed by atoms with Crippen molar-refractivity contribution in [1.29, 1.82) is 0 Å². The highest BCUT2D eigenvalue weighted by atomic mass is 16.4. The van der Waals surface area contributed by atoms with Crippen LogP contribution in [0.5, 0.6) is 0 Å². The predicted octanol–water partition coefficient (Wildman–Crippen LogP) is 1.37. The summed E-state index contributed by atoms with van der Waals surface area (Å²) in [6.45, 7) is 5.60. The largest absolute Gasteiger partial charge is 0.477 e. The number of aliphatic carboxylic acids is 2. The molecule has 0 aromatic rings. The molecule has 0 aromatic heterocycles. The van der Waals surface area contributed by atoms with E-state index >= 15 is 0 Å². The number of allylic oxidation sites excluding steroid dienone is 1. The van der Waals surface area contributed by atoms with Crippen molar-refractivity contribution < 1.29 is 19.8 Å². The van der Waals surface area contributed by atoms with Gasteiger partial charge >= 0.3 is 11.9 Å². The number of hydrogen-bond acceptors (Lipinski definition) is 2. The highest BCUT2D eigenvalue weighted by molar-refractivity contribution is 6.12. The molecular weight excluding hydrogens is 172 g/mol. The quantitative estimate of drug-likeness (QED) is 0.395. The van der Waals surface area contributed by atoms with E-state index in [2.05, 4.69) is 0 Å². The summed E-state index contributed by atoms with van der Waals surface area (Å²) in [4.78, 5) is 20.9. The Morgan fingerprint density at radius 3 is 1.69 bits per heavy atom. The first kappa shape index (κ1) is 11.7. The molecule has 0 aliphatic heterocycles. The van der Waals surface area contributed by atoms with Crippen LogP contribution in [0.15, 0.2) is 11.6 Å². The highest BCUT2D eigenvalue weighted by Crippen LogP contribution is 2.13. The molecule has 0 amide bonds. The van der Waals surface area contributed by atoms with Crippen molar-refractivity contribution in [3.63, 3.8) is 0 Å². The zero-order valence-electron chi connectivity index (χ0n) is 7.94. The number of carboxylic acid groups (broad SMARTS) is 2. The molecule has 0 heterocycles. The van der Waals surface area contributed by atoms with Crippen LogP contribution in [0.4, 0.5) is 0 Å². The summed E-state index contributed by atoms with van der Waals surface area (Å²) in [5.41, 5.74) is -0.554. The van der Waals surface area contributed by atoms with Crippen molar-refractivity contribution >= 4 is 11.9 Å². The van der Waals surface area contributed by atoms with Gasteiger partial charge in [0.15, 0.2) is 0 Å². The van der Waals surface area contributed by atoms with E-state index in [1.54, 1.807) is 6.92 Å². The van der Waals surface area contributed by atoms with E-state index in [0.717, 1.165) is 0 Å². The zero-order chi connectivity index (χ0) is 10.6. The second kappa shape index (κ2) is 4.64. The molecule has 74 valence electrons. The first-order valence-corrected chi connectivity index (χ1v) is 4.04. The summed E-state index contributed by atoms with van der Waals surface area (Å²) in [6.07, 6.45) is 1.27. The van der Waals surface area contributed by atoms with Crippen molar-refractivity contribution in [2.45, 2.75) is 20.8 Å². The number of hydrogen-bond donors (Lipinski definition) is 2. The molecular formula is C9H14O4. The van der Waals surface area contributed by atoms with Crippen LogP contribution in [0.3, 0.4) is 0 Å². The fourth-order valence-corrected chi connectivity index (χ4v) is 0.689. The van der Waals surface area contributed by atoms with Gasteiger partial charge in [-0.25, -0.2) is 9.59 Å². The molecule has 0 saturated heterocycles. The van der Waals surface area contributed by atoms with Gasteiger partial charge in [0, 0.05) is 0 Å². The van der Waals surface area contributed by atoms with Gasteiger partial charge in [-0.15, -0.1) is 0 Å². The Morgan fingerprint density at radius 1 is 1.08 bits per heavy atom. The Morgan fingerprint density at radius 2 is 1.46 bits per heavy atom. The third-order valence-electron chi connectivity index (χ3n) is 1.94. The fraction of sp³-hybridized carbons (Fsp3) is 0.556. The maximum atomic E-state index is 10.4. The lowest BCUT2D eigenvalue weighted by atomic mass is 9.95. The van der Waals surface area contributed by atoms with E-state index in [9.17, 15) is 9.59 Å². The van der Waals surface area contributed by atoms with Crippen molar-refractivity contribution in [1.82, 2.24) is 0 Å². The lowest BCUT2D eigenvalue weighted by Gasteiger charge is -2.10. The molecule has 0 aliphatic carbocycles. The molecule has 0 aromatic carbocycles. The molecule has 0 spiro atoms. The fourth-order valence-electron chi connectivity index (χ4n) is 0.689. The smallest absolute Gasteiger partial charge is 0.342 e. The SMILES string of the molecule is CC(C)C(C)C=C(C(=O)O)C(=O)O. The summed E-state index contributed by atoms with van der Waals surface area (Å²) in [6, 6.07) is 0. The van der Waals surface area contributed by atoms with E-state index in [4.69, 9.17) is 10.2 Å². The number of rotatable bonds is 4. The Hall–Kier alpha value is -1.32. The molecule has 4 heteroatoms.